The minimum atomic E-state index is -3.53. The number of carbonyl (C=O) groups excluding carboxylic acids is 1. The molecule has 1 aliphatic heterocycles. The molecule has 0 aromatic heterocycles. The van der Waals surface area contributed by atoms with E-state index in [0.717, 1.165) is 4.47 Å². The number of nitrogens with zero attached hydrogens (tertiary/aromatic N) is 1. The fourth-order valence-electron chi connectivity index (χ4n) is 2.87. The van der Waals surface area contributed by atoms with Crippen molar-refractivity contribution in [3.63, 3.8) is 0 Å². The van der Waals surface area contributed by atoms with Crippen molar-refractivity contribution >= 4 is 31.9 Å². The van der Waals surface area contributed by atoms with E-state index in [-0.39, 0.29) is 16.8 Å². The summed E-state index contributed by atoms with van der Waals surface area (Å²) in [6.45, 7) is 0.680. The second-order valence-electron chi connectivity index (χ2n) is 6.11. The largest absolute Gasteiger partial charge is 0.349 e. The van der Waals surface area contributed by atoms with E-state index in [1.807, 2.05) is 0 Å². The van der Waals surface area contributed by atoms with Gasteiger partial charge in [-0.25, -0.2) is 12.8 Å². The lowest BCUT2D eigenvalue weighted by Crippen LogP contribution is -2.46. The fourth-order valence-corrected chi connectivity index (χ4v) is 4.60. The number of rotatable bonds is 4. The van der Waals surface area contributed by atoms with Gasteiger partial charge in [-0.15, -0.1) is 0 Å². The van der Waals surface area contributed by atoms with Crippen LogP contribution >= 0.6 is 15.9 Å². The minimum Gasteiger partial charge on any atom is -0.349 e. The highest BCUT2D eigenvalue weighted by Gasteiger charge is 2.30. The number of benzene rings is 2. The van der Waals surface area contributed by atoms with Gasteiger partial charge in [0.2, 0.25) is 10.0 Å². The van der Waals surface area contributed by atoms with Crippen LogP contribution in [0.15, 0.2) is 57.9 Å². The summed E-state index contributed by atoms with van der Waals surface area (Å²) < 4.78 is 40.5. The Bertz CT molecular complexity index is 878. The molecule has 1 fully saturated rings. The Morgan fingerprint density at radius 3 is 2.19 bits per heavy atom. The van der Waals surface area contributed by atoms with Crippen molar-refractivity contribution in [2.45, 2.75) is 23.8 Å². The molecule has 0 unspecified atom stereocenters. The van der Waals surface area contributed by atoms with Crippen LogP contribution in [-0.2, 0) is 10.0 Å². The molecule has 1 amide bonds. The van der Waals surface area contributed by atoms with E-state index in [4.69, 9.17) is 0 Å². The molecule has 0 radical (unpaired) electrons. The molecule has 0 bridgehead atoms. The van der Waals surface area contributed by atoms with Crippen molar-refractivity contribution in [2.75, 3.05) is 13.1 Å². The molecule has 0 atom stereocenters. The zero-order valence-corrected chi connectivity index (χ0v) is 16.3. The molecular formula is C18H18BrFN2O3S. The lowest BCUT2D eigenvalue weighted by atomic mass is 10.1. The van der Waals surface area contributed by atoms with Gasteiger partial charge in [-0.05, 0) is 61.4 Å². The Labute approximate surface area is 160 Å². The standard InChI is InChI=1S/C18H18BrFN2O3S/c19-14-3-7-17(8-4-14)26(24,25)22-11-9-16(10-12-22)21-18(23)13-1-5-15(20)6-2-13/h1-8,16H,9-12H2,(H,21,23). The molecule has 2 aromatic carbocycles. The molecule has 1 N–H and O–H groups in total. The maximum absolute atomic E-state index is 12.9. The van der Waals surface area contributed by atoms with Crippen LogP contribution in [0.3, 0.4) is 0 Å². The molecule has 0 saturated carbocycles. The second kappa shape index (κ2) is 7.85. The molecule has 1 heterocycles. The summed E-state index contributed by atoms with van der Waals surface area (Å²) in [7, 11) is -3.53. The number of sulfonamides is 1. The summed E-state index contributed by atoms with van der Waals surface area (Å²) in [4.78, 5) is 12.4. The predicted octanol–water partition coefficient (Wildman–Crippen LogP) is 3.17. The molecule has 8 heteroatoms. The van der Waals surface area contributed by atoms with E-state index < -0.39 is 15.8 Å². The van der Waals surface area contributed by atoms with Crippen LogP contribution in [-0.4, -0.2) is 37.8 Å². The highest BCUT2D eigenvalue weighted by Crippen LogP contribution is 2.22. The number of hydrogen-bond acceptors (Lipinski definition) is 3. The van der Waals surface area contributed by atoms with E-state index in [9.17, 15) is 17.6 Å². The first-order valence-electron chi connectivity index (χ1n) is 8.18. The Morgan fingerprint density at radius 1 is 1.04 bits per heavy atom. The number of piperidine rings is 1. The van der Waals surface area contributed by atoms with Crippen LogP contribution in [0.5, 0.6) is 0 Å². The van der Waals surface area contributed by atoms with Crippen molar-refractivity contribution in [1.29, 1.82) is 0 Å². The van der Waals surface area contributed by atoms with Gasteiger partial charge in [0.05, 0.1) is 4.90 Å². The summed E-state index contributed by atoms with van der Waals surface area (Å²) in [6.07, 6.45) is 1.06. The van der Waals surface area contributed by atoms with Crippen LogP contribution in [0, 0.1) is 5.82 Å². The van der Waals surface area contributed by atoms with Crippen LogP contribution < -0.4 is 5.32 Å². The third kappa shape index (κ3) is 4.31. The van der Waals surface area contributed by atoms with Crippen molar-refractivity contribution < 1.29 is 17.6 Å². The maximum atomic E-state index is 12.9. The van der Waals surface area contributed by atoms with Crippen LogP contribution in [0.4, 0.5) is 4.39 Å². The SMILES string of the molecule is O=C(NC1CCN(S(=O)(=O)c2ccc(Br)cc2)CC1)c1ccc(F)cc1. The quantitative estimate of drug-likeness (QED) is 0.793. The van der Waals surface area contributed by atoms with Crippen molar-refractivity contribution in [3.8, 4) is 0 Å². The first-order chi connectivity index (χ1) is 12.4. The van der Waals surface area contributed by atoms with E-state index in [2.05, 4.69) is 21.2 Å². The number of amides is 1. The van der Waals surface area contributed by atoms with E-state index in [0.29, 0.717) is 31.5 Å². The summed E-state index contributed by atoms with van der Waals surface area (Å²) in [5, 5.41) is 2.88. The molecule has 0 spiro atoms. The van der Waals surface area contributed by atoms with Gasteiger partial charge in [0, 0.05) is 29.2 Å². The summed E-state index contributed by atoms with van der Waals surface area (Å²) in [5.41, 5.74) is 0.385. The number of hydrogen-bond donors (Lipinski definition) is 1. The molecule has 1 aliphatic rings. The Balaban J connectivity index is 1.59. The number of carbonyl (C=O) groups is 1. The second-order valence-corrected chi connectivity index (χ2v) is 8.97. The summed E-state index contributed by atoms with van der Waals surface area (Å²) in [6, 6.07) is 11.8. The van der Waals surface area contributed by atoms with Gasteiger partial charge in [0.25, 0.3) is 5.91 Å². The normalized spacial score (nSPS) is 16.4. The van der Waals surface area contributed by atoms with Gasteiger partial charge >= 0.3 is 0 Å². The van der Waals surface area contributed by atoms with Gasteiger partial charge in [-0.2, -0.15) is 4.31 Å². The highest BCUT2D eigenvalue weighted by atomic mass is 79.9. The Kier molecular flexibility index (Phi) is 5.74. The van der Waals surface area contributed by atoms with Crippen molar-refractivity contribution in [3.05, 3.63) is 64.4 Å². The van der Waals surface area contributed by atoms with Gasteiger partial charge in [0.15, 0.2) is 0 Å². The molecule has 0 aliphatic carbocycles. The molecule has 5 nitrogen and oxygen atoms in total. The average molecular weight is 441 g/mol. The Morgan fingerprint density at radius 2 is 1.62 bits per heavy atom. The van der Waals surface area contributed by atoms with E-state index >= 15 is 0 Å². The van der Waals surface area contributed by atoms with Gasteiger partial charge in [0.1, 0.15) is 5.82 Å². The first kappa shape index (κ1) is 19.0. The third-order valence-electron chi connectivity index (χ3n) is 4.35. The maximum Gasteiger partial charge on any atom is 0.251 e. The molecule has 2 aromatic rings. The van der Waals surface area contributed by atoms with Gasteiger partial charge in [-0.1, -0.05) is 15.9 Å². The van der Waals surface area contributed by atoms with Crippen molar-refractivity contribution in [2.24, 2.45) is 0 Å². The fraction of sp³-hybridized carbons (Fsp3) is 0.278. The summed E-state index contributed by atoms with van der Waals surface area (Å²) >= 11 is 3.29. The number of halogens is 2. The molecule has 26 heavy (non-hydrogen) atoms. The van der Waals surface area contributed by atoms with E-state index in [1.165, 1.54) is 28.6 Å². The van der Waals surface area contributed by atoms with Crippen LogP contribution in [0.2, 0.25) is 0 Å². The zero-order valence-electron chi connectivity index (χ0n) is 13.9. The van der Waals surface area contributed by atoms with E-state index in [1.54, 1.807) is 24.3 Å². The van der Waals surface area contributed by atoms with Crippen molar-refractivity contribution in [1.82, 2.24) is 9.62 Å². The highest BCUT2D eigenvalue weighted by molar-refractivity contribution is 9.10. The smallest absolute Gasteiger partial charge is 0.251 e. The van der Waals surface area contributed by atoms with Gasteiger partial charge < -0.3 is 5.32 Å². The topological polar surface area (TPSA) is 66.5 Å². The molecule has 138 valence electrons. The minimum absolute atomic E-state index is 0.107. The molecule has 3 rings (SSSR count). The third-order valence-corrected chi connectivity index (χ3v) is 6.79. The first-order valence-corrected chi connectivity index (χ1v) is 10.4. The lowest BCUT2D eigenvalue weighted by molar-refractivity contribution is 0.0924. The predicted molar refractivity (Wildman–Crippen MR) is 99.8 cm³/mol. The van der Waals surface area contributed by atoms with Gasteiger partial charge in [-0.3, -0.25) is 4.79 Å². The average Bonchev–Trinajstić information content (AvgIpc) is 2.63. The Hall–Kier alpha value is -1.77. The zero-order chi connectivity index (χ0) is 18.7. The number of nitrogens with one attached hydrogen (secondary N) is 1. The lowest BCUT2D eigenvalue weighted by Gasteiger charge is -2.31. The van der Waals surface area contributed by atoms with Crippen LogP contribution in [0.25, 0.3) is 0 Å². The van der Waals surface area contributed by atoms with Crippen LogP contribution in [0.1, 0.15) is 23.2 Å². The summed E-state index contributed by atoms with van der Waals surface area (Å²) in [5.74, 6) is -0.674. The molecule has 1 saturated heterocycles. The molecular weight excluding hydrogens is 423 g/mol. The monoisotopic (exact) mass is 440 g/mol.